The minimum absolute atomic E-state index is 0.0173. The van der Waals surface area contributed by atoms with Crippen LogP contribution in [0.1, 0.15) is 6.92 Å². The van der Waals surface area contributed by atoms with Gasteiger partial charge in [-0.25, -0.2) is 0 Å². The van der Waals surface area contributed by atoms with Crippen molar-refractivity contribution in [3.05, 3.63) is 24.3 Å². The Hall–Kier alpha value is -1.36. The number of nitrogens with zero attached hydrogens (tertiary/aromatic N) is 1. The van der Waals surface area contributed by atoms with Gasteiger partial charge in [-0.1, -0.05) is 12.1 Å². The van der Waals surface area contributed by atoms with Gasteiger partial charge >= 0.3 is 0 Å². The normalized spacial score (nSPS) is 11.9. The number of nitrogen functional groups attached to an aromatic ring is 1. The van der Waals surface area contributed by atoms with Gasteiger partial charge in [-0.3, -0.25) is 4.79 Å². The summed E-state index contributed by atoms with van der Waals surface area (Å²) in [5, 5.41) is 0. The van der Waals surface area contributed by atoms with Gasteiger partial charge in [0.2, 0.25) is 0 Å². The van der Waals surface area contributed by atoms with Gasteiger partial charge in [-0.05, 0) is 25.3 Å². The Balaban J connectivity index is 2.48. The molecule has 4 nitrogen and oxygen atoms in total. The molecule has 18 heavy (non-hydrogen) atoms. The molecular weight excluding hydrogens is 248 g/mol. The second-order valence-electron chi connectivity index (χ2n) is 4.14. The molecule has 5 heteroatoms. The predicted molar refractivity (Wildman–Crippen MR) is 77.0 cm³/mol. The lowest BCUT2D eigenvalue weighted by Crippen LogP contribution is -2.39. The van der Waals surface area contributed by atoms with Gasteiger partial charge in [-0.15, -0.1) is 0 Å². The minimum atomic E-state index is -0.0418. The third kappa shape index (κ3) is 4.14. The number of thioether (sulfide) groups is 1. The van der Waals surface area contributed by atoms with Crippen LogP contribution in [0, 0.1) is 0 Å². The molecule has 100 valence electrons. The summed E-state index contributed by atoms with van der Waals surface area (Å²) in [6, 6.07) is 7.37. The van der Waals surface area contributed by atoms with Crippen LogP contribution in [0.2, 0.25) is 0 Å². The molecular formula is C13H20N2O2S. The number of hydrogen-bond acceptors (Lipinski definition) is 4. The first-order valence-electron chi connectivity index (χ1n) is 5.78. The van der Waals surface area contributed by atoms with Crippen molar-refractivity contribution in [1.29, 1.82) is 0 Å². The van der Waals surface area contributed by atoms with Gasteiger partial charge in [0.25, 0.3) is 5.91 Å². The zero-order chi connectivity index (χ0) is 13.5. The molecule has 0 aliphatic carbocycles. The maximum atomic E-state index is 11.9. The molecule has 0 saturated heterocycles. The molecule has 1 aromatic rings. The summed E-state index contributed by atoms with van der Waals surface area (Å²) in [6.07, 6.45) is 2.02. The molecule has 0 heterocycles. The molecule has 0 saturated carbocycles. The standard InChI is InChI=1S/C13H20N2O2S/c1-10(9-18-3)15(2)13(16)8-17-12-7-5-4-6-11(12)14/h4-7,10H,8-9,14H2,1-3H3. The average Bonchev–Trinajstić information content (AvgIpc) is 2.36. The van der Waals surface area contributed by atoms with Crippen LogP contribution in [0.4, 0.5) is 5.69 Å². The van der Waals surface area contributed by atoms with E-state index >= 15 is 0 Å². The highest BCUT2D eigenvalue weighted by atomic mass is 32.2. The lowest BCUT2D eigenvalue weighted by Gasteiger charge is -2.24. The zero-order valence-electron chi connectivity index (χ0n) is 11.1. The van der Waals surface area contributed by atoms with Crippen molar-refractivity contribution in [2.75, 3.05) is 31.4 Å². The molecule has 1 aromatic carbocycles. The van der Waals surface area contributed by atoms with E-state index in [9.17, 15) is 4.79 Å². The molecule has 0 spiro atoms. The number of benzene rings is 1. The van der Waals surface area contributed by atoms with E-state index in [4.69, 9.17) is 10.5 Å². The van der Waals surface area contributed by atoms with Crippen molar-refractivity contribution < 1.29 is 9.53 Å². The minimum Gasteiger partial charge on any atom is -0.482 e. The first kappa shape index (κ1) is 14.7. The summed E-state index contributed by atoms with van der Waals surface area (Å²) in [5.74, 6) is 1.42. The largest absolute Gasteiger partial charge is 0.482 e. The van der Waals surface area contributed by atoms with E-state index in [2.05, 4.69) is 0 Å². The highest BCUT2D eigenvalue weighted by Gasteiger charge is 2.15. The Morgan fingerprint density at radius 3 is 2.78 bits per heavy atom. The fraction of sp³-hybridized carbons (Fsp3) is 0.462. The maximum absolute atomic E-state index is 11.9. The van der Waals surface area contributed by atoms with E-state index in [-0.39, 0.29) is 18.6 Å². The molecule has 0 aliphatic rings. The first-order valence-corrected chi connectivity index (χ1v) is 7.17. The van der Waals surface area contributed by atoms with Crippen LogP contribution in [0.25, 0.3) is 0 Å². The van der Waals surface area contributed by atoms with Crippen LogP contribution < -0.4 is 10.5 Å². The monoisotopic (exact) mass is 268 g/mol. The summed E-state index contributed by atoms with van der Waals surface area (Å²) in [5.41, 5.74) is 6.28. The van der Waals surface area contributed by atoms with Gasteiger partial charge in [0.1, 0.15) is 5.75 Å². The zero-order valence-corrected chi connectivity index (χ0v) is 11.9. The van der Waals surface area contributed by atoms with Crippen molar-refractivity contribution in [2.45, 2.75) is 13.0 Å². The van der Waals surface area contributed by atoms with Gasteiger partial charge in [0.05, 0.1) is 5.69 Å². The number of anilines is 1. The Morgan fingerprint density at radius 1 is 1.50 bits per heavy atom. The smallest absolute Gasteiger partial charge is 0.260 e. The van der Waals surface area contributed by atoms with Crippen LogP contribution in [0.5, 0.6) is 5.75 Å². The number of carbonyl (C=O) groups is 1. The highest BCUT2D eigenvalue weighted by molar-refractivity contribution is 7.98. The van der Waals surface area contributed by atoms with Gasteiger partial charge < -0.3 is 15.4 Å². The highest BCUT2D eigenvalue weighted by Crippen LogP contribution is 2.19. The fourth-order valence-electron chi connectivity index (χ4n) is 1.45. The third-order valence-corrected chi connectivity index (χ3v) is 3.55. The molecule has 1 unspecified atom stereocenters. The number of hydrogen-bond donors (Lipinski definition) is 1. The van der Waals surface area contributed by atoms with E-state index in [0.29, 0.717) is 11.4 Å². The van der Waals surface area contributed by atoms with E-state index in [0.717, 1.165) is 5.75 Å². The van der Waals surface area contributed by atoms with E-state index in [1.807, 2.05) is 25.3 Å². The molecule has 0 radical (unpaired) electrons. The Kier molecular flexibility index (Phi) is 5.85. The summed E-state index contributed by atoms with van der Waals surface area (Å²) < 4.78 is 5.42. The van der Waals surface area contributed by atoms with E-state index in [1.54, 1.807) is 35.8 Å². The van der Waals surface area contributed by atoms with E-state index < -0.39 is 0 Å². The summed E-state index contributed by atoms with van der Waals surface area (Å²) in [7, 11) is 1.79. The molecule has 0 bridgehead atoms. The van der Waals surface area contributed by atoms with Crippen molar-refractivity contribution in [3.63, 3.8) is 0 Å². The van der Waals surface area contributed by atoms with Crippen molar-refractivity contribution in [2.24, 2.45) is 0 Å². The SMILES string of the molecule is CSCC(C)N(C)C(=O)COc1ccccc1N. The molecule has 1 amide bonds. The Labute approximate surface area is 112 Å². The van der Waals surface area contributed by atoms with Crippen molar-refractivity contribution in [1.82, 2.24) is 4.90 Å². The molecule has 0 fully saturated rings. The number of likely N-dealkylation sites (N-methyl/N-ethyl adjacent to an activating group) is 1. The van der Waals surface area contributed by atoms with Crippen LogP contribution >= 0.6 is 11.8 Å². The number of nitrogens with two attached hydrogens (primary N) is 1. The Morgan fingerprint density at radius 2 is 2.17 bits per heavy atom. The topological polar surface area (TPSA) is 55.6 Å². The molecule has 1 rings (SSSR count). The van der Waals surface area contributed by atoms with Crippen LogP contribution in [-0.4, -0.2) is 42.5 Å². The van der Waals surface area contributed by atoms with Gasteiger partial charge in [0.15, 0.2) is 6.61 Å². The summed E-state index contributed by atoms with van der Waals surface area (Å²) in [4.78, 5) is 13.6. The van der Waals surface area contributed by atoms with Crippen LogP contribution in [-0.2, 0) is 4.79 Å². The number of para-hydroxylation sites is 2. The van der Waals surface area contributed by atoms with E-state index in [1.165, 1.54) is 0 Å². The fourth-order valence-corrected chi connectivity index (χ4v) is 2.16. The number of amides is 1. The summed E-state index contributed by atoms with van der Waals surface area (Å²) in [6.45, 7) is 2.04. The average molecular weight is 268 g/mol. The first-order chi connectivity index (χ1) is 8.56. The Bertz CT molecular complexity index is 398. The summed E-state index contributed by atoms with van der Waals surface area (Å²) >= 11 is 1.72. The second kappa shape index (κ2) is 7.16. The third-order valence-electron chi connectivity index (χ3n) is 2.73. The van der Waals surface area contributed by atoms with Gasteiger partial charge in [0, 0.05) is 18.8 Å². The van der Waals surface area contributed by atoms with Crippen LogP contribution in [0.15, 0.2) is 24.3 Å². The van der Waals surface area contributed by atoms with Crippen molar-refractivity contribution >= 4 is 23.4 Å². The van der Waals surface area contributed by atoms with Crippen molar-refractivity contribution in [3.8, 4) is 5.75 Å². The predicted octanol–water partition coefficient (Wildman–Crippen LogP) is 1.86. The van der Waals surface area contributed by atoms with Gasteiger partial charge in [-0.2, -0.15) is 11.8 Å². The number of carbonyl (C=O) groups excluding carboxylic acids is 1. The lowest BCUT2D eigenvalue weighted by atomic mass is 10.3. The molecule has 2 N–H and O–H groups in total. The molecule has 0 aliphatic heterocycles. The maximum Gasteiger partial charge on any atom is 0.260 e. The molecule has 1 atom stereocenters. The van der Waals surface area contributed by atoms with Crippen LogP contribution in [0.3, 0.4) is 0 Å². The molecule has 0 aromatic heterocycles. The lowest BCUT2D eigenvalue weighted by molar-refractivity contribution is -0.133. The second-order valence-corrected chi connectivity index (χ2v) is 5.05. The number of ether oxygens (including phenoxy) is 1. The quantitative estimate of drug-likeness (QED) is 0.800. The number of rotatable bonds is 6.